The molecule has 0 aliphatic heterocycles. The summed E-state index contributed by atoms with van der Waals surface area (Å²) in [6, 6.07) is 15.6. The molecule has 0 bridgehead atoms. The zero-order valence-electron chi connectivity index (χ0n) is 15.6. The first kappa shape index (κ1) is 18.1. The van der Waals surface area contributed by atoms with Crippen LogP contribution >= 0.6 is 11.3 Å². The number of aromatic nitrogens is 5. The summed E-state index contributed by atoms with van der Waals surface area (Å²) in [5, 5.41) is 16.0. The molecule has 148 valence electrons. The first-order valence-corrected chi connectivity index (χ1v) is 9.98. The van der Waals surface area contributed by atoms with Crippen LogP contribution in [0.3, 0.4) is 0 Å². The van der Waals surface area contributed by atoms with Crippen LogP contribution in [0.25, 0.3) is 33.1 Å². The van der Waals surface area contributed by atoms with Gasteiger partial charge in [0.05, 0.1) is 23.1 Å². The number of nitrogens with two attached hydrogens (primary N) is 1. The number of nitrogen functional groups attached to an aromatic ring is 1. The van der Waals surface area contributed by atoms with Gasteiger partial charge in [0.15, 0.2) is 0 Å². The largest absolute Gasteiger partial charge is 0.472 e. The van der Waals surface area contributed by atoms with E-state index in [4.69, 9.17) is 14.9 Å². The van der Waals surface area contributed by atoms with E-state index in [1.54, 1.807) is 23.9 Å². The smallest absolute Gasteiger partial charge is 0.238 e. The summed E-state index contributed by atoms with van der Waals surface area (Å²) >= 11 is 1.61. The van der Waals surface area contributed by atoms with E-state index in [0.29, 0.717) is 24.0 Å². The van der Waals surface area contributed by atoms with Gasteiger partial charge in [0.25, 0.3) is 0 Å². The average Bonchev–Trinajstić information content (AvgIpc) is 3.57. The zero-order chi connectivity index (χ0) is 20.3. The van der Waals surface area contributed by atoms with Crippen LogP contribution < -0.4 is 10.5 Å². The quantitative estimate of drug-likeness (QED) is 0.421. The van der Waals surface area contributed by atoms with Gasteiger partial charge in [-0.1, -0.05) is 30.3 Å². The molecule has 5 aromatic rings. The molecule has 9 heteroatoms. The molecule has 0 aliphatic carbocycles. The fourth-order valence-corrected chi connectivity index (χ4v) is 3.72. The number of rotatable bonds is 6. The second-order valence-electron chi connectivity index (χ2n) is 6.48. The van der Waals surface area contributed by atoms with E-state index in [0.717, 1.165) is 32.8 Å². The summed E-state index contributed by atoms with van der Waals surface area (Å²) in [6.07, 6.45) is 3.27. The summed E-state index contributed by atoms with van der Waals surface area (Å²) in [4.78, 5) is 5.69. The lowest BCUT2D eigenvalue weighted by Gasteiger charge is -2.13. The van der Waals surface area contributed by atoms with Gasteiger partial charge in [0.1, 0.15) is 12.3 Å². The molecular weight excluding hydrogens is 400 g/mol. The molecule has 0 fully saturated rings. The molecule has 0 radical (unpaired) electrons. The van der Waals surface area contributed by atoms with E-state index in [-0.39, 0.29) is 0 Å². The van der Waals surface area contributed by atoms with Gasteiger partial charge >= 0.3 is 0 Å². The van der Waals surface area contributed by atoms with Gasteiger partial charge in [0.2, 0.25) is 11.7 Å². The average molecular weight is 416 g/mol. The summed E-state index contributed by atoms with van der Waals surface area (Å²) in [5.41, 5.74) is 11.2. The predicted octanol–water partition coefficient (Wildman–Crippen LogP) is 4.41. The Morgan fingerprint density at radius 1 is 1.10 bits per heavy atom. The molecule has 0 amide bonds. The minimum absolute atomic E-state index is 0.322. The monoisotopic (exact) mass is 416 g/mol. The zero-order valence-corrected chi connectivity index (χ0v) is 16.5. The Morgan fingerprint density at radius 2 is 2.00 bits per heavy atom. The highest BCUT2D eigenvalue weighted by atomic mass is 32.1. The number of thiophene rings is 1. The third kappa shape index (κ3) is 3.53. The number of pyridine rings is 1. The van der Waals surface area contributed by atoms with Crippen LogP contribution in [0, 0.1) is 0 Å². The molecular formula is C21H16N6O2S. The van der Waals surface area contributed by atoms with Crippen LogP contribution in [-0.4, -0.2) is 25.6 Å². The van der Waals surface area contributed by atoms with Crippen molar-refractivity contribution in [2.24, 2.45) is 0 Å². The van der Waals surface area contributed by atoms with E-state index in [1.807, 2.05) is 53.9 Å². The number of aromatic amines is 1. The number of hydrogen-bond acceptors (Lipinski definition) is 8. The second-order valence-corrected chi connectivity index (χ2v) is 7.43. The highest BCUT2D eigenvalue weighted by Gasteiger charge is 2.16. The lowest BCUT2D eigenvalue weighted by atomic mass is 10.1. The highest BCUT2D eigenvalue weighted by Crippen LogP contribution is 2.37. The number of nitrogens with one attached hydrogen (secondary N) is 1. The summed E-state index contributed by atoms with van der Waals surface area (Å²) in [6.45, 7) is 0.322. The van der Waals surface area contributed by atoms with Crippen molar-refractivity contribution in [3.8, 4) is 39.0 Å². The highest BCUT2D eigenvalue weighted by molar-refractivity contribution is 7.13. The minimum Gasteiger partial charge on any atom is -0.472 e. The number of nitrogens with zero attached hydrogens (tertiary/aromatic N) is 4. The van der Waals surface area contributed by atoms with Crippen LogP contribution in [0.2, 0.25) is 0 Å². The first-order valence-electron chi connectivity index (χ1n) is 9.10. The van der Waals surface area contributed by atoms with E-state index in [9.17, 15) is 0 Å². The molecule has 0 aliphatic rings. The summed E-state index contributed by atoms with van der Waals surface area (Å²) < 4.78 is 11.3. The van der Waals surface area contributed by atoms with Crippen molar-refractivity contribution in [3.63, 3.8) is 0 Å². The molecule has 0 spiro atoms. The van der Waals surface area contributed by atoms with Crippen LogP contribution in [0.1, 0.15) is 5.56 Å². The van der Waals surface area contributed by atoms with Crippen molar-refractivity contribution in [2.75, 3.05) is 5.73 Å². The van der Waals surface area contributed by atoms with Gasteiger partial charge in [-0.05, 0) is 34.4 Å². The molecule has 5 rings (SSSR count). The topological polar surface area (TPSA) is 116 Å². The first-order chi connectivity index (χ1) is 14.8. The van der Waals surface area contributed by atoms with E-state index < -0.39 is 0 Å². The second kappa shape index (κ2) is 7.80. The fraction of sp³-hybridized carbons (Fsp3) is 0.0476. The van der Waals surface area contributed by atoms with Gasteiger partial charge in [-0.25, -0.2) is 4.98 Å². The molecule has 8 nitrogen and oxygen atoms in total. The maximum absolute atomic E-state index is 6.40. The Labute approximate surface area is 175 Å². The van der Waals surface area contributed by atoms with Crippen LogP contribution in [0.15, 0.2) is 70.9 Å². The summed E-state index contributed by atoms with van der Waals surface area (Å²) in [7, 11) is 0. The van der Waals surface area contributed by atoms with Gasteiger partial charge in [0, 0.05) is 16.7 Å². The van der Waals surface area contributed by atoms with Crippen molar-refractivity contribution in [1.82, 2.24) is 25.6 Å². The van der Waals surface area contributed by atoms with Gasteiger partial charge < -0.3 is 14.9 Å². The third-order valence-electron chi connectivity index (χ3n) is 4.56. The van der Waals surface area contributed by atoms with Gasteiger partial charge in [-0.3, -0.25) is 0 Å². The number of furan rings is 1. The Hall–Kier alpha value is -3.98. The lowest BCUT2D eigenvalue weighted by molar-refractivity contribution is 0.296. The Morgan fingerprint density at radius 3 is 2.70 bits per heavy atom. The van der Waals surface area contributed by atoms with Crippen LogP contribution in [0.5, 0.6) is 5.88 Å². The van der Waals surface area contributed by atoms with Crippen molar-refractivity contribution < 1.29 is 9.15 Å². The molecule has 0 saturated heterocycles. The molecule has 3 N–H and O–H groups in total. The molecule has 4 aromatic heterocycles. The number of hydrogen-bond donors (Lipinski definition) is 2. The SMILES string of the molecule is Nc1c(-c2ccoc2)cc(-c2cccs2)nc1OCc1ccc(-c2nn[nH]n2)cc1. The standard InChI is InChI=1S/C21H16N6O2S/c22-19-16(15-7-8-28-12-15)10-17(18-2-1-9-30-18)23-21(19)29-11-13-3-5-14(6-4-13)20-24-26-27-25-20/h1-10,12H,11,22H2,(H,24,25,26,27). The molecule has 0 unspecified atom stereocenters. The molecule has 4 heterocycles. The molecule has 1 aromatic carbocycles. The Bertz CT molecular complexity index is 1230. The number of H-pyrrole nitrogens is 1. The van der Waals surface area contributed by atoms with E-state index >= 15 is 0 Å². The summed E-state index contributed by atoms with van der Waals surface area (Å²) in [5.74, 6) is 0.932. The molecule has 0 saturated carbocycles. The maximum Gasteiger partial charge on any atom is 0.238 e. The number of anilines is 1. The van der Waals surface area contributed by atoms with Crippen molar-refractivity contribution in [1.29, 1.82) is 0 Å². The third-order valence-corrected chi connectivity index (χ3v) is 5.45. The van der Waals surface area contributed by atoms with Crippen LogP contribution in [0.4, 0.5) is 5.69 Å². The van der Waals surface area contributed by atoms with Crippen LogP contribution in [-0.2, 0) is 6.61 Å². The number of ether oxygens (including phenoxy) is 1. The number of tetrazole rings is 1. The molecule has 0 atom stereocenters. The normalized spacial score (nSPS) is 10.9. The predicted molar refractivity (Wildman–Crippen MR) is 114 cm³/mol. The van der Waals surface area contributed by atoms with Crippen molar-refractivity contribution in [2.45, 2.75) is 6.61 Å². The van der Waals surface area contributed by atoms with Crippen molar-refractivity contribution in [3.05, 3.63) is 72.0 Å². The van der Waals surface area contributed by atoms with E-state index in [2.05, 4.69) is 25.6 Å². The number of benzene rings is 1. The fourth-order valence-electron chi connectivity index (χ4n) is 3.03. The van der Waals surface area contributed by atoms with E-state index in [1.165, 1.54) is 0 Å². The lowest BCUT2D eigenvalue weighted by Crippen LogP contribution is -2.03. The molecule has 30 heavy (non-hydrogen) atoms. The minimum atomic E-state index is 0.322. The Balaban J connectivity index is 1.43. The van der Waals surface area contributed by atoms with Gasteiger partial charge in [-0.15, -0.1) is 21.5 Å². The Kier molecular flexibility index (Phi) is 4.70. The maximum atomic E-state index is 6.40. The van der Waals surface area contributed by atoms with Crippen molar-refractivity contribution >= 4 is 17.0 Å². The van der Waals surface area contributed by atoms with Gasteiger partial charge in [-0.2, -0.15) is 5.21 Å².